The molecule has 0 bridgehead atoms. The van der Waals surface area contributed by atoms with Crippen LogP contribution < -0.4 is 5.32 Å². The van der Waals surface area contributed by atoms with Gasteiger partial charge in [-0.05, 0) is 124 Å². The number of unbranched alkanes of at least 4 members (excludes halogenated alkanes) is 8. The number of carbonyl (C=O) groups excluding carboxylic acids is 5. The molecule has 47 nitrogen and oxygen atoms in total. The fourth-order valence-corrected chi connectivity index (χ4v) is 24.5. The lowest BCUT2D eigenvalue weighted by molar-refractivity contribution is -0.386. The zero-order valence-corrected chi connectivity index (χ0v) is 79.5. The summed E-state index contributed by atoms with van der Waals surface area (Å²) in [4.78, 5) is 62.1. The van der Waals surface area contributed by atoms with Crippen molar-refractivity contribution in [3.63, 3.8) is 0 Å². The van der Waals surface area contributed by atoms with E-state index in [1.807, 2.05) is 0 Å². The van der Waals surface area contributed by atoms with Crippen LogP contribution in [0.1, 0.15) is 177 Å². The minimum Gasteiger partial charge on any atom is -0.432 e. The summed E-state index contributed by atoms with van der Waals surface area (Å²) in [6, 6.07) is -1.62. The van der Waals surface area contributed by atoms with Gasteiger partial charge >= 0.3 is 12.1 Å². The van der Waals surface area contributed by atoms with E-state index in [4.69, 9.17) is 94.9 Å². The molecule has 24 N–H and O–H groups in total. The fraction of sp³-hybridized carbons (Fsp3) is 0.935. The highest BCUT2D eigenvalue weighted by Crippen LogP contribution is 2.76. The second kappa shape index (κ2) is 46.5. The first-order chi connectivity index (χ1) is 65.7. The summed E-state index contributed by atoms with van der Waals surface area (Å²) in [5, 5.41) is 258. The van der Waals surface area contributed by atoms with E-state index in [-0.39, 0.29) is 44.4 Å². The van der Waals surface area contributed by atoms with Gasteiger partial charge in [0.2, 0.25) is 12.2 Å². The standard InChI is InChI=1S/C91H149NO44.CO2/c1-39-55(103)59(107)64(112)78(124-39)133-71-54(92-53(102)18-16-14-12-10-9-11-13-15-17-27-119-75-63(111)58(106)48(32-95)127-75)46(30-93)126-82(73(71)135-79-66(114)61(109)68(40(2)125-79)130-77-67(115)69(44(99)34-121-77)131-83-74(116)90(118,37-97)38-123-83)136-84(117)91-26-25-85(3,4)28-42(91)41-19-20-50-86(5)23-22-52(87(6,36-96)49(86)21-24-88(50,7)89(41,8)29-51(91)101)129-81-72(134-80-65(113)60(108)57(105)47(31-94)128-80)70(45(100)35-122-81)132-76-62(110)56(104)43(98)33-120-76;2-1-3/h19,36,39-40,42-52,54-83,93-95,97-101,103-116,118H,9-18,20-35,37-38H2,1-8H3,(H,92,102);/t39?,40?,42?,43-,44-,45-,46?,47?,48+,49-,50?,51?,52+,54+,55+,56+,57+,58-,59+,60+,61?,62?,63?,64?,65?,66+,67-,68+,69?,70+,71?,72?,73-,74?,75-,76+,77+,78+,79+,80+,81+,82+,83+,86?,87-,88+,89-,90+,91-;/m1./s1. The van der Waals surface area contributed by atoms with E-state index < -0.39 is 360 Å². The van der Waals surface area contributed by atoms with Crippen molar-refractivity contribution in [3.8, 4) is 0 Å². The number of fused-ring (bicyclic) bond motifs is 7. The minimum absolute atomic E-state index is 0.0115. The monoisotopic (exact) mass is 2000 g/mol. The van der Waals surface area contributed by atoms with Crippen LogP contribution in [0.3, 0.4) is 0 Å². The highest BCUT2D eigenvalue weighted by Gasteiger charge is 2.74. The van der Waals surface area contributed by atoms with Crippen LogP contribution in [-0.2, 0) is 109 Å². The number of hydrogen-bond donors (Lipinski definition) is 24. The largest absolute Gasteiger partial charge is 0.432 e. The van der Waals surface area contributed by atoms with E-state index >= 15 is 4.79 Å². The molecule has 9 heterocycles. The van der Waals surface area contributed by atoms with E-state index in [2.05, 4.69) is 46.0 Å². The average Bonchev–Trinajstić information content (AvgIpc) is 0.839. The van der Waals surface area contributed by atoms with E-state index in [1.54, 1.807) is 6.92 Å². The van der Waals surface area contributed by atoms with Crippen LogP contribution in [0.2, 0.25) is 0 Å². The molecule has 1 amide bonds. The number of amides is 1. The van der Waals surface area contributed by atoms with E-state index in [0.29, 0.717) is 57.8 Å². The maximum atomic E-state index is 16.7. The molecule has 9 saturated heterocycles. The molecule has 9 aliphatic heterocycles. The molecular weight excluding hydrogens is 1850 g/mol. The number of aldehydes is 1. The molecule has 0 aromatic heterocycles. The molecule has 0 aromatic rings. The Kier molecular flexibility index (Phi) is 37.6. The molecule has 14 rings (SSSR count). The lowest BCUT2D eigenvalue weighted by Gasteiger charge is -2.71. The number of nitrogens with one attached hydrogen (secondary N) is 1. The molecule has 47 heteroatoms. The Morgan fingerprint density at radius 3 is 1.59 bits per heavy atom. The van der Waals surface area contributed by atoms with Crippen molar-refractivity contribution in [1.29, 1.82) is 0 Å². The van der Waals surface area contributed by atoms with Gasteiger partial charge in [0.15, 0.2) is 56.4 Å². The van der Waals surface area contributed by atoms with E-state index in [9.17, 15) is 127 Å². The molecule has 0 radical (unpaired) electrons. The molecule has 14 aliphatic rings. The van der Waals surface area contributed by atoms with Gasteiger partial charge in [-0.25, -0.2) is 0 Å². The Balaban J connectivity index is 0.00000536. The number of ether oxygens (including phenoxy) is 18. The SMILES string of the molecule is CC1O[C@@H](O[C@@H]2C(O[C@@H]3OC(C)[C@H](O)[C@H](O)C3O)[C@@H](NC(=O)CCCCCCCCCCCO[C@@H]3O[C@@H](CO)[C@@H](O)C3O)C(CO)O[C@H]2OC(=O)[C@]23CCC(C)(C)CC2C2=CCC4C5(C)CC[C@H](O[C@@H]6OC[C@@H](O)[C@H](O[C@@H]7OC[C@@H](O)[C@H](O)C7O)C6O[C@@H]6OC(CO)[C@H](O)[C@H](O)C6O)[C@](C)(C=O)[C@@H]5CC[C@]4(C)[C@]2(C)CC3O)[C@@H](O)C(O)[C@H]1O[C@@H]1OC[C@@H](O)C(O[C@@H]2OC[C@@](O)(CO)C2O)[C@H]1O.O=C=O. The van der Waals surface area contributed by atoms with Gasteiger partial charge in [-0.2, -0.15) is 9.59 Å². The summed E-state index contributed by atoms with van der Waals surface area (Å²) >= 11 is 0. The molecule has 49 atom stereocenters. The lowest BCUT2D eigenvalue weighted by Crippen LogP contribution is -2.71. The molecular formula is C92H149NO46. The van der Waals surface area contributed by atoms with Crippen LogP contribution in [0.25, 0.3) is 0 Å². The van der Waals surface area contributed by atoms with Crippen molar-refractivity contribution < 1.29 is 227 Å². The summed E-state index contributed by atoms with van der Waals surface area (Å²) in [5.41, 5.74) is -7.37. The normalized spacial score (nSPS) is 49.7. The summed E-state index contributed by atoms with van der Waals surface area (Å²) < 4.78 is 110. The van der Waals surface area contributed by atoms with E-state index in [1.165, 1.54) is 13.8 Å². The first kappa shape index (κ1) is 112. The second-order valence-electron chi connectivity index (χ2n) is 42.3. The van der Waals surface area contributed by atoms with Crippen LogP contribution in [0.4, 0.5) is 0 Å². The van der Waals surface area contributed by atoms with Gasteiger partial charge in [0.1, 0.15) is 170 Å². The molecule has 4 saturated carbocycles. The van der Waals surface area contributed by atoms with Crippen molar-refractivity contribution in [2.45, 2.75) is 429 Å². The molecule has 798 valence electrons. The number of rotatable bonds is 35. The predicted octanol–water partition coefficient (Wildman–Crippen LogP) is -7.08. The summed E-state index contributed by atoms with van der Waals surface area (Å²) in [7, 11) is 0. The fourth-order valence-electron chi connectivity index (χ4n) is 24.5. The Hall–Kier alpha value is -3.87. The van der Waals surface area contributed by atoms with Crippen LogP contribution in [0, 0.1) is 50.2 Å². The van der Waals surface area contributed by atoms with Gasteiger partial charge in [-0.1, -0.05) is 98.1 Å². The van der Waals surface area contributed by atoms with Crippen LogP contribution in [-0.4, -0.2) is 453 Å². The maximum Gasteiger partial charge on any atom is 0.373 e. The Morgan fingerprint density at radius 2 is 0.971 bits per heavy atom. The van der Waals surface area contributed by atoms with Crippen molar-refractivity contribution in [2.24, 2.45) is 50.2 Å². The first-order valence-electron chi connectivity index (χ1n) is 48.8. The number of hydrogen-bond acceptors (Lipinski definition) is 46. The molecule has 13 fully saturated rings. The van der Waals surface area contributed by atoms with E-state index in [0.717, 1.165) is 50.4 Å². The molecule has 139 heavy (non-hydrogen) atoms. The van der Waals surface area contributed by atoms with Gasteiger partial charge in [0.05, 0.1) is 88.7 Å². The third-order valence-electron chi connectivity index (χ3n) is 33.0. The molecule has 17 unspecified atom stereocenters. The number of aliphatic hydroxyl groups is 23. The molecule has 0 aromatic carbocycles. The van der Waals surface area contributed by atoms with Crippen LogP contribution in [0.5, 0.6) is 0 Å². The topological polar surface area (TPSA) is 729 Å². The van der Waals surface area contributed by atoms with Gasteiger partial charge < -0.3 is 213 Å². The Bertz CT molecular complexity index is 4030. The average molecular weight is 2010 g/mol. The Labute approximate surface area is 803 Å². The minimum atomic E-state index is -2.23. The second-order valence-corrected chi connectivity index (χ2v) is 42.3. The zero-order chi connectivity index (χ0) is 101. The van der Waals surface area contributed by atoms with Gasteiger partial charge in [0.25, 0.3) is 0 Å². The van der Waals surface area contributed by atoms with Crippen LogP contribution >= 0.6 is 0 Å². The number of aliphatic hydroxyl groups excluding tert-OH is 22. The Morgan fingerprint density at radius 1 is 0.468 bits per heavy atom. The smallest absolute Gasteiger partial charge is 0.373 e. The van der Waals surface area contributed by atoms with Crippen molar-refractivity contribution >= 4 is 24.3 Å². The van der Waals surface area contributed by atoms with Crippen molar-refractivity contribution in [1.82, 2.24) is 5.32 Å². The van der Waals surface area contributed by atoms with Gasteiger partial charge in [-0.15, -0.1) is 0 Å². The lowest BCUT2D eigenvalue weighted by atomic mass is 9.33. The number of allylic oxidation sites excluding steroid dienone is 2. The summed E-state index contributed by atoms with van der Waals surface area (Å²) in [5.74, 6) is -3.16. The maximum absolute atomic E-state index is 16.7. The molecule has 0 spiro atoms. The van der Waals surface area contributed by atoms with Crippen molar-refractivity contribution in [2.75, 3.05) is 59.5 Å². The highest BCUT2D eigenvalue weighted by molar-refractivity contribution is 5.80. The van der Waals surface area contributed by atoms with Gasteiger partial charge in [-0.3, -0.25) is 9.59 Å². The highest BCUT2D eigenvalue weighted by atomic mass is 16.8. The van der Waals surface area contributed by atoms with Crippen molar-refractivity contribution in [3.05, 3.63) is 11.6 Å². The van der Waals surface area contributed by atoms with Gasteiger partial charge in [0, 0.05) is 13.0 Å². The summed E-state index contributed by atoms with van der Waals surface area (Å²) in [6.07, 6.45) is -54.3. The third-order valence-corrected chi connectivity index (χ3v) is 33.0. The third kappa shape index (κ3) is 22.4. The van der Waals surface area contributed by atoms with Crippen LogP contribution in [0.15, 0.2) is 11.6 Å². The molecule has 5 aliphatic carbocycles. The number of carbonyl (C=O) groups is 3. The first-order valence-corrected chi connectivity index (χ1v) is 48.8. The quantitative estimate of drug-likeness (QED) is 0.00922. The predicted molar refractivity (Wildman–Crippen MR) is 459 cm³/mol. The number of esters is 1. The zero-order valence-electron chi connectivity index (χ0n) is 79.5. The summed E-state index contributed by atoms with van der Waals surface area (Å²) in [6.45, 7) is 9.87.